The smallest absolute Gasteiger partial charge is 0.340 e. The SMILES string of the molecule is CCOC(=O)C(NC(=O)CCC(C)N)C(=O)OCC.Cl. The molecule has 0 rings (SSSR count). The first-order chi connectivity index (χ1) is 8.92. The van der Waals surface area contributed by atoms with Crippen molar-refractivity contribution in [3.05, 3.63) is 0 Å². The van der Waals surface area contributed by atoms with Crippen LogP contribution in [0.2, 0.25) is 0 Å². The van der Waals surface area contributed by atoms with Crippen molar-refractivity contribution in [1.29, 1.82) is 0 Å². The highest BCUT2D eigenvalue weighted by Gasteiger charge is 2.30. The molecule has 0 saturated heterocycles. The van der Waals surface area contributed by atoms with E-state index < -0.39 is 23.9 Å². The fraction of sp³-hybridized carbons (Fsp3) is 0.750. The molecule has 3 N–H and O–H groups in total. The summed E-state index contributed by atoms with van der Waals surface area (Å²) in [7, 11) is 0. The summed E-state index contributed by atoms with van der Waals surface area (Å²) in [6.45, 7) is 5.21. The first-order valence-corrected chi connectivity index (χ1v) is 6.30. The van der Waals surface area contributed by atoms with E-state index in [9.17, 15) is 14.4 Å². The van der Waals surface area contributed by atoms with Gasteiger partial charge >= 0.3 is 11.9 Å². The van der Waals surface area contributed by atoms with Crippen LogP contribution in [-0.4, -0.2) is 43.1 Å². The lowest BCUT2D eigenvalue weighted by atomic mass is 10.2. The minimum absolute atomic E-state index is 0. The normalized spacial score (nSPS) is 11.2. The number of carbonyl (C=O) groups is 3. The zero-order valence-electron chi connectivity index (χ0n) is 12.0. The van der Waals surface area contributed by atoms with Gasteiger partial charge in [-0.3, -0.25) is 4.79 Å². The van der Waals surface area contributed by atoms with Crippen molar-refractivity contribution in [3.63, 3.8) is 0 Å². The van der Waals surface area contributed by atoms with Crippen LogP contribution in [0.25, 0.3) is 0 Å². The number of amides is 1. The Morgan fingerprint density at radius 1 is 1.10 bits per heavy atom. The summed E-state index contributed by atoms with van der Waals surface area (Å²) in [5.41, 5.74) is 5.52. The fourth-order valence-electron chi connectivity index (χ4n) is 1.26. The molecule has 118 valence electrons. The van der Waals surface area contributed by atoms with Crippen LogP contribution in [0.5, 0.6) is 0 Å². The molecule has 0 heterocycles. The third kappa shape index (κ3) is 8.71. The van der Waals surface area contributed by atoms with Gasteiger partial charge in [0.2, 0.25) is 11.9 Å². The predicted octanol–water partition coefficient (Wildman–Crippen LogP) is 0.147. The lowest BCUT2D eigenvalue weighted by Crippen LogP contribution is -2.48. The van der Waals surface area contributed by atoms with Gasteiger partial charge in [0, 0.05) is 12.5 Å². The molecule has 0 aromatic heterocycles. The molecular formula is C12H23ClN2O5. The lowest BCUT2D eigenvalue weighted by Gasteiger charge is -2.16. The molecule has 0 spiro atoms. The van der Waals surface area contributed by atoms with Crippen molar-refractivity contribution in [3.8, 4) is 0 Å². The second-order valence-corrected chi connectivity index (χ2v) is 4.02. The van der Waals surface area contributed by atoms with E-state index >= 15 is 0 Å². The summed E-state index contributed by atoms with van der Waals surface area (Å²) in [4.78, 5) is 34.7. The van der Waals surface area contributed by atoms with E-state index in [1.54, 1.807) is 20.8 Å². The van der Waals surface area contributed by atoms with E-state index in [1.807, 2.05) is 0 Å². The zero-order valence-corrected chi connectivity index (χ0v) is 12.8. The van der Waals surface area contributed by atoms with E-state index in [-0.39, 0.29) is 38.1 Å². The molecule has 0 aromatic rings. The van der Waals surface area contributed by atoms with Gasteiger partial charge in [-0.25, -0.2) is 9.59 Å². The Morgan fingerprint density at radius 3 is 1.90 bits per heavy atom. The summed E-state index contributed by atoms with van der Waals surface area (Å²) in [5, 5.41) is 2.30. The summed E-state index contributed by atoms with van der Waals surface area (Å²) in [6, 6.07) is -1.55. The maximum absolute atomic E-state index is 11.6. The van der Waals surface area contributed by atoms with E-state index in [0.29, 0.717) is 6.42 Å². The molecule has 0 fully saturated rings. The first kappa shape index (κ1) is 21.0. The van der Waals surface area contributed by atoms with Gasteiger partial charge in [-0.05, 0) is 27.2 Å². The Labute approximate surface area is 125 Å². The molecule has 8 heteroatoms. The Balaban J connectivity index is 0. The number of nitrogens with one attached hydrogen (secondary N) is 1. The van der Waals surface area contributed by atoms with Gasteiger partial charge in [0.15, 0.2) is 0 Å². The highest BCUT2D eigenvalue weighted by Crippen LogP contribution is 1.98. The standard InChI is InChI=1S/C12H22N2O5.ClH/c1-4-18-11(16)10(12(17)19-5-2)14-9(15)7-6-8(3)13;/h8,10H,4-7,13H2,1-3H3,(H,14,15);1H. The second-order valence-electron chi connectivity index (χ2n) is 4.02. The summed E-state index contributed by atoms with van der Waals surface area (Å²) < 4.78 is 9.44. The second kappa shape index (κ2) is 11.5. The largest absolute Gasteiger partial charge is 0.464 e. The molecule has 0 saturated carbocycles. The molecular weight excluding hydrogens is 288 g/mol. The highest BCUT2D eigenvalue weighted by molar-refractivity contribution is 6.02. The lowest BCUT2D eigenvalue weighted by molar-refractivity contribution is -0.159. The molecule has 1 atom stereocenters. The van der Waals surface area contributed by atoms with Crippen molar-refractivity contribution in [1.82, 2.24) is 5.32 Å². The quantitative estimate of drug-likeness (QED) is 0.488. The van der Waals surface area contributed by atoms with E-state index in [4.69, 9.17) is 15.2 Å². The third-order valence-corrected chi connectivity index (χ3v) is 2.18. The number of halogens is 1. The average molecular weight is 311 g/mol. The summed E-state index contributed by atoms with van der Waals surface area (Å²) >= 11 is 0. The van der Waals surface area contributed by atoms with Gasteiger partial charge in [0.05, 0.1) is 13.2 Å². The van der Waals surface area contributed by atoms with Gasteiger partial charge in [0.1, 0.15) is 0 Å². The molecule has 20 heavy (non-hydrogen) atoms. The Bertz CT molecular complexity index is 305. The van der Waals surface area contributed by atoms with Crippen LogP contribution in [0.3, 0.4) is 0 Å². The number of ether oxygens (including phenoxy) is 2. The molecule has 0 radical (unpaired) electrons. The van der Waals surface area contributed by atoms with Crippen LogP contribution >= 0.6 is 12.4 Å². The Morgan fingerprint density at radius 2 is 1.55 bits per heavy atom. The molecule has 0 aliphatic carbocycles. The van der Waals surface area contributed by atoms with Crippen LogP contribution in [-0.2, 0) is 23.9 Å². The highest BCUT2D eigenvalue weighted by atomic mass is 35.5. The van der Waals surface area contributed by atoms with Crippen LogP contribution in [0.4, 0.5) is 0 Å². The monoisotopic (exact) mass is 310 g/mol. The minimum atomic E-state index is -1.42. The maximum Gasteiger partial charge on any atom is 0.340 e. The number of esters is 2. The number of hydrogen-bond donors (Lipinski definition) is 2. The van der Waals surface area contributed by atoms with Gasteiger partial charge < -0.3 is 20.5 Å². The third-order valence-electron chi connectivity index (χ3n) is 2.18. The summed E-state index contributed by atoms with van der Waals surface area (Å²) in [5.74, 6) is -2.09. The van der Waals surface area contributed by atoms with Crippen molar-refractivity contribution in [2.45, 2.75) is 45.7 Å². The predicted molar refractivity (Wildman–Crippen MR) is 75.3 cm³/mol. The molecule has 0 aliphatic rings. The fourth-order valence-corrected chi connectivity index (χ4v) is 1.26. The van der Waals surface area contributed by atoms with Crippen molar-refractivity contribution < 1.29 is 23.9 Å². The maximum atomic E-state index is 11.6. The van der Waals surface area contributed by atoms with E-state index in [1.165, 1.54) is 0 Å². The van der Waals surface area contributed by atoms with Crippen LogP contribution in [0, 0.1) is 0 Å². The van der Waals surface area contributed by atoms with Crippen LogP contribution in [0.1, 0.15) is 33.6 Å². The Kier molecular flexibility index (Phi) is 12.0. The number of rotatable bonds is 8. The van der Waals surface area contributed by atoms with Crippen LogP contribution in [0.15, 0.2) is 0 Å². The minimum Gasteiger partial charge on any atom is -0.464 e. The van der Waals surface area contributed by atoms with Gasteiger partial charge in [-0.2, -0.15) is 0 Å². The number of carbonyl (C=O) groups excluding carboxylic acids is 3. The number of nitrogens with two attached hydrogens (primary N) is 1. The topological polar surface area (TPSA) is 108 Å². The molecule has 7 nitrogen and oxygen atoms in total. The van der Waals surface area contributed by atoms with Gasteiger partial charge in [-0.15, -0.1) is 12.4 Å². The summed E-state index contributed by atoms with van der Waals surface area (Å²) in [6.07, 6.45) is 0.594. The molecule has 0 aromatic carbocycles. The molecule has 0 aliphatic heterocycles. The molecule has 1 unspecified atom stereocenters. The van der Waals surface area contributed by atoms with Gasteiger partial charge in [0.25, 0.3) is 0 Å². The van der Waals surface area contributed by atoms with Gasteiger partial charge in [-0.1, -0.05) is 0 Å². The Hall–Kier alpha value is -1.34. The zero-order chi connectivity index (χ0) is 14.8. The van der Waals surface area contributed by atoms with Crippen molar-refractivity contribution in [2.75, 3.05) is 13.2 Å². The van der Waals surface area contributed by atoms with Crippen molar-refractivity contribution in [2.24, 2.45) is 5.73 Å². The first-order valence-electron chi connectivity index (χ1n) is 6.30. The van der Waals surface area contributed by atoms with Crippen LogP contribution < -0.4 is 11.1 Å². The van der Waals surface area contributed by atoms with E-state index in [2.05, 4.69) is 5.32 Å². The molecule has 0 bridgehead atoms. The number of hydrogen-bond acceptors (Lipinski definition) is 6. The average Bonchev–Trinajstić information content (AvgIpc) is 2.33. The van der Waals surface area contributed by atoms with E-state index in [0.717, 1.165) is 0 Å². The van der Waals surface area contributed by atoms with Crippen molar-refractivity contribution >= 4 is 30.3 Å². The molecule has 1 amide bonds.